The van der Waals surface area contributed by atoms with E-state index in [1.54, 1.807) is 36.4 Å². The lowest BCUT2D eigenvalue weighted by Gasteiger charge is -2.22. The number of hydrogen-bond donors (Lipinski definition) is 3. The van der Waals surface area contributed by atoms with Crippen LogP contribution < -0.4 is 16.3 Å². The molecule has 3 amide bonds. The van der Waals surface area contributed by atoms with Gasteiger partial charge in [0.05, 0.1) is 5.52 Å². The number of nitrogens with two attached hydrogens (primary N) is 1. The van der Waals surface area contributed by atoms with Crippen molar-refractivity contribution in [1.82, 2.24) is 19.7 Å². The van der Waals surface area contributed by atoms with E-state index < -0.39 is 5.91 Å². The zero-order valence-corrected chi connectivity index (χ0v) is 18.8. The largest absolute Gasteiger partial charge is 0.441 e. The fourth-order valence-corrected chi connectivity index (χ4v) is 3.72. The Balaban J connectivity index is 1.52. The lowest BCUT2D eigenvalue weighted by molar-refractivity contribution is -0.135. The predicted octanol–water partition coefficient (Wildman–Crippen LogP) is 0.547. The van der Waals surface area contributed by atoms with Gasteiger partial charge in [0.2, 0.25) is 11.8 Å². The average Bonchev–Trinajstić information content (AvgIpc) is 3.57. The van der Waals surface area contributed by atoms with E-state index in [2.05, 4.69) is 20.6 Å². The maximum Gasteiger partial charge on any atom is 0.269 e. The second kappa shape index (κ2) is 10.2. The minimum atomic E-state index is -0.713. The van der Waals surface area contributed by atoms with Crippen LogP contribution in [0.5, 0.6) is 0 Å². The van der Waals surface area contributed by atoms with Crippen LogP contribution >= 0.6 is 11.6 Å². The third-order valence-electron chi connectivity index (χ3n) is 5.22. The van der Waals surface area contributed by atoms with E-state index in [0.29, 0.717) is 22.4 Å². The van der Waals surface area contributed by atoms with Gasteiger partial charge < -0.3 is 21.2 Å². The second-order valence-electron chi connectivity index (χ2n) is 7.75. The molecule has 0 aliphatic heterocycles. The molecule has 1 aliphatic carbocycles. The molecule has 4 radical (unpaired) electrons. The maximum absolute atomic E-state index is 13.2. The average molecular weight is 473 g/mol. The minimum absolute atomic E-state index is 0.0261. The Morgan fingerprint density at radius 2 is 2.06 bits per heavy atom. The molecule has 3 aromatic rings. The summed E-state index contributed by atoms with van der Waals surface area (Å²) in [5, 5.41) is 10.6. The fraction of sp³-hybridized carbons (Fsp3) is 0.250. The third kappa shape index (κ3) is 5.53. The molecule has 0 spiro atoms. The van der Waals surface area contributed by atoms with Gasteiger partial charge in [0, 0.05) is 31.9 Å². The van der Waals surface area contributed by atoms with Crippen LogP contribution in [0, 0.1) is 0 Å². The Morgan fingerprint density at radius 3 is 2.74 bits per heavy atom. The molecule has 0 unspecified atom stereocenters. The van der Waals surface area contributed by atoms with Crippen molar-refractivity contribution in [3.63, 3.8) is 0 Å². The summed E-state index contributed by atoms with van der Waals surface area (Å²) in [6, 6.07) is 10.0. The number of amides is 3. The van der Waals surface area contributed by atoms with E-state index in [-0.39, 0.29) is 41.8 Å². The quantitative estimate of drug-likeness (QED) is 0.291. The molecule has 1 fully saturated rings. The first kappa shape index (κ1) is 23.7. The first-order valence-corrected chi connectivity index (χ1v) is 10.9. The molecular formula is C20H19B3ClN7O3. The molecule has 1 saturated carbocycles. The zero-order chi connectivity index (χ0) is 24.2. The van der Waals surface area contributed by atoms with E-state index in [1.807, 2.05) is 0 Å². The molecule has 0 bridgehead atoms. The van der Waals surface area contributed by atoms with Crippen molar-refractivity contribution < 1.29 is 14.4 Å². The molecule has 14 heteroatoms. The number of carbonyl (C=O) groups is 3. The van der Waals surface area contributed by atoms with Crippen LogP contribution in [0.25, 0.3) is 10.9 Å². The second-order valence-corrected chi connectivity index (χ2v) is 8.14. The number of aromatic nitrogens is 3. The van der Waals surface area contributed by atoms with Gasteiger partial charge in [-0.05, 0) is 43.2 Å². The molecule has 10 nitrogen and oxygen atoms in total. The van der Waals surface area contributed by atoms with Crippen molar-refractivity contribution in [2.45, 2.75) is 25.4 Å². The minimum Gasteiger partial charge on any atom is -0.441 e. The fourth-order valence-electron chi connectivity index (χ4n) is 3.56. The summed E-state index contributed by atoms with van der Waals surface area (Å²) in [4.78, 5) is 43.2. The molecule has 4 rings (SSSR count). The molecule has 0 atom stereocenters. The first-order valence-electron chi connectivity index (χ1n) is 10.5. The first-order chi connectivity index (χ1) is 16.4. The van der Waals surface area contributed by atoms with Gasteiger partial charge >= 0.3 is 0 Å². The topological polar surface area (TPSA) is 135 Å². The van der Waals surface area contributed by atoms with Crippen LogP contribution in [-0.2, 0) is 16.1 Å². The van der Waals surface area contributed by atoms with Gasteiger partial charge in [0.1, 0.15) is 24.1 Å². The van der Waals surface area contributed by atoms with Gasteiger partial charge in [-0.2, -0.15) is 5.10 Å². The predicted molar refractivity (Wildman–Crippen MR) is 132 cm³/mol. The number of anilines is 2. The number of halogens is 1. The Kier molecular flexibility index (Phi) is 7.11. The van der Waals surface area contributed by atoms with Crippen molar-refractivity contribution in [1.29, 1.82) is 0 Å². The summed E-state index contributed by atoms with van der Waals surface area (Å²) >= 11 is 5.86. The lowest BCUT2D eigenvalue weighted by Crippen LogP contribution is -2.41. The number of primary amides is 1. The highest BCUT2D eigenvalue weighted by atomic mass is 35.5. The SMILES string of the molecule is [B][B][B]Nc1ccc2c(c1)c(C(N)=O)nn2CC(=O)N(CC(=O)Nc1cccc(Cl)n1)C1CC1. The van der Waals surface area contributed by atoms with Crippen LogP contribution in [-0.4, -0.2) is 72.1 Å². The summed E-state index contributed by atoms with van der Waals surface area (Å²) < 4.78 is 1.42. The van der Waals surface area contributed by atoms with Crippen LogP contribution in [0.1, 0.15) is 23.3 Å². The van der Waals surface area contributed by atoms with Gasteiger partial charge in [-0.25, -0.2) is 4.98 Å². The van der Waals surface area contributed by atoms with Crippen molar-refractivity contribution in [2.75, 3.05) is 17.1 Å². The zero-order valence-electron chi connectivity index (χ0n) is 18.1. The van der Waals surface area contributed by atoms with Crippen LogP contribution in [0.15, 0.2) is 36.4 Å². The molecule has 0 saturated heterocycles. The summed E-state index contributed by atoms with van der Waals surface area (Å²) in [7, 11) is 8.23. The molecule has 34 heavy (non-hydrogen) atoms. The smallest absolute Gasteiger partial charge is 0.269 e. The number of pyridine rings is 1. The highest BCUT2D eigenvalue weighted by molar-refractivity contribution is 7.24. The molecule has 1 aliphatic rings. The standard InChI is InChI=1S/C20H19B3ClN7O3/c21-22-23-28-11-4-7-14-13(8-11)19(20(25)34)29-31(14)10-18(33)30(12-5-6-12)9-17(32)27-16-3-1-2-15(24)26-16/h1-4,7-8,12,28H,5-6,9-10H2,(H2,25,34)(H,26,27,32). The highest BCUT2D eigenvalue weighted by Crippen LogP contribution is 2.28. The maximum atomic E-state index is 13.2. The summed E-state index contributed by atoms with van der Waals surface area (Å²) in [6.07, 6.45) is 1.62. The Hall–Kier alpha value is -3.47. The van der Waals surface area contributed by atoms with Crippen molar-refractivity contribution in [3.8, 4) is 0 Å². The molecule has 2 aromatic heterocycles. The summed E-state index contributed by atoms with van der Waals surface area (Å²) in [6.45, 7) is -0.294. The molecule has 168 valence electrons. The number of rotatable bonds is 10. The Labute approximate surface area is 203 Å². The number of nitrogens with zero attached hydrogens (tertiary/aromatic N) is 4. The Morgan fingerprint density at radius 1 is 1.26 bits per heavy atom. The third-order valence-corrected chi connectivity index (χ3v) is 5.43. The normalized spacial score (nSPS) is 12.7. The Bertz CT molecular complexity index is 1250. The molecular weight excluding hydrogens is 454 g/mol. The summed E-state index contributed by atoms with van der Waals surface area (Å²) in [5.74, 6) is -1.10. The van der Waals surface area contributed by atoms with E-state index in [0.717, 1.165) is 12.8 Å². The monoisotopic (exact) mass is 473 g/mol. The molecule has 1 aromatic carbocycles. The van der Waals surface area contributed by atoms with Gasteiger partial charge in [-0.15, -0.1) is 0 Å². The number of benzene rings is 1. The van der Waals surface area contributed by atoms with Crippen LogP contribution in [0.4, 0.5) is 11.5 Å². The summed E-state index contributed by atoms with van der Waals surface area (Å²) in [5.41, 5.74) is 6.79. The van der Waals surface area contributed by atoms with E-state index in [9.17, 15) is 14.4 Å². The van der Waals surface area contributed by atoms with E-state index in [1.165, 1.54) is 23.9 Å². The number of fused-ring (bicyclic) bond motifs is 1. The number of carbonyl (C=O) groups excluding carboxylic acids is 3. The van der Waals surface area contributed by atoms with E-state index >= 15 is 0 Å². The van der Waals surface area contributed by atoms with Crippen molar-refractivity contribution >= 4 is 73.8 Å². The number of nitrogens with one attached hydrogen (secondary N) is 2. The highest BCUT2D eigenvalue weighted by Gasteiger charge is 2.34. The molecule has 4 N–H and O–H groups in total. The van der Waals surface area contributed by atoms with Crippen LogP contribution in [0.3, 0.4) is 0 Å². The van der Waals surface area contributed by atoms with Crippen molar-refractivity contribution in [3.05, 3.63) is 47.2 Å². The van der Waals surface area contributed by atoms with E-state index in [4.69, 9.17) is 25.1 Å². The number of hydrogen-bond acceptors (Lipinski definition) is 6. The lowest BCUT2D eigenvalue weighted by atomic mass is 9.33. The van der Waals surface area contributed by atoms with Gasteiger partial charge in [0.25, 0.3) is 5.91 Å². The van der Waals surface area contributed by atoms with Gasteiger partial charge in [-0.1, -0.05) is 17.7 Å². The van der Waals surface area contributed by atoms with Crippen LogP contribution in [0.2, 0.25) is 5.15 Å². The van der Waals surface area contributed by atoms with Gasteiger partial charge in [0.15, 0.2) is 13.0 Å². The van der Waals surface area contributed by atoms with Crippen molar-refractivity contribution in [2.24, 2.45) is 5.73 Å². The molecule has 2 heterocycles. The van der Waals surface area contributed by atoms with Gasteiger partial charge in [-0.3, -0.25) is 19.1 Å².